The molecule has 1 heterocycles. The number of carbonyl (C=O) groups excluding carboxylic acids is 1. The van der Waals surface area contributed by atoms with E-state index < -0.39 is 0 Å². The number of hydrogen-bond donors (Lipinski definition) is 1. The topological polar surface area (TPSA) is 84.7 Å². The zero-order chi connectivity index (χ0) is 21.6. The Bertz CT molecular complexity index is 909. The van der Waals surface area contributed by atoms with Crippen LogP contribution in [0.15, 0.2) is 23.3 Å². The number of nitrogens with one attached hydrogen (secondary N) is 1. The monoisotopic (exact) mass is 419 g/mol. The van der Waals surface area contributed by atoms with E-state index in [4.69, 9.17) is 21.7 Å². The Hall–Kier alpha value is -2.68. The Morgan fingerprint density at radius 3 is 2.52 bits per heavy atom. The van der Waals surface area contributed by atoms with Gasteiger partial charge in [0.15, 0.2) is 18.1 Å². The van der Waals surface area contributed by atoms with Crippen molar-refractivity contribution in [3.63, 3.8) is 0 Å². The van der Waals surface area contributed by atoms with Crippen LogP contribution in [0.2, 0.25) is 0 Å². The van der Waals surface area contributed by atoms with E-state index in [2.05, 4.69) is 15.3 Å². The van der Waals surface area contributed by atoms with Crippen LogP contribution in [0.5, 0.6) is 11.5 Å². The Morgan fingerprint density at radius 2 is 1.97 bits per heavy atom. The number of H-pyrrole nitrogens is 1. The van der Waals surface area contributed by atoms with Gasteiger partial charge in [-0.3, -0.25) is 9.89 Å². The van der Waals surface area contributed by atoms with Crippen molar-refractivity contribution in [2.45, 2.75) is 53.6 Å². The molecule has 29 heavy (non-hydrogen) atoms. The third-order valence-corrected chi connectivity index (χ3v) is 4.42. The van der Waals surface area contributed by atoms with Crippen LogP contribution < -0.4 is 9.47 Å². The lowest BCUT2D eigenvalue weighted by Gasteiger charge is -2.30. The summed E-state index contributed by atoms with van der Waals surface area (Å²) < 4.78 is 13.4. The largest absolute Gasteiger partial charge is 0.490 e. The molecule has 1 N–H and O–H groups in total. The molecular formula is C20H29N5O3S. The van der Waals surface area contributed by atoms with E-state index in [-0.39, 0.29) is 24.6 Å². The standard InChI is InChI=1S/C20H29N5O3S/c1-7-27-18-10-16(11-21-25-15(6)22-23-20(25)29)8-9-17(18)28-12-19(26)24(13(2)3)14(4)5/h8-11,13-14H,7,12H2,1-6H3,(H,23,29)/b21-11+. The van der Waals surface area contributed by atoms with Gasteiger partial charge in [-0.15, -0.1) is 0 Å². The molecule has 0 saturated carbocycles. The minimum absolute atomic E-state index is 0.0484. The normalized spacial score (nSPS) is 11.4. The van der Waals surface area contributed by atoms with Crippen molar-refractivity contribution >= 4 is 24.3 Å². The van der Waals surface area contributed by atoms with Crippen molar-refractivity contribution < 1.29 is 14.3 Å². The van der Waals surface area contributed by atoms with Crippen molar-refractivity contribution in [3.05, 3.63) is 34.4 Å². The molecule has 1 amide bonds. The summed E-state index contributed by atoms with van der Waals surface area (Å²) in [6.45, 7) is 12.1. The van der Waals surface area contributed by atoms with Gasteiger partial charge >= 0.3 is 0 Å². The van der Waals surface area contributed by atoms with Gasteiger partial charge in [0.25, 0.3) is 5.91 Å². The lowest BCUT2D eigenvalue weighted by molar-refractivity contribution is -0.137. The number of amides is 1. The fourth-order valence-electron chi connectivity index (χ4n) is 3.01. The van der Waals surface area contributed by atoms with E-state index in [1.54, 1.807) is 24.1 Å². The molecule has 0 radical (unpaired) electrons. The molecule has 0 spiro atoms. The Kier molecular flexibility index (Phi) is 7.95. The Morgan fingerprint density at radius 1 is 1.28 bits per heavy atom. The van der Waals surface area contributed by atoms with Crippen LogP contribution in [0, 0.1) is 11.7 Å². The molecule has 0 bridgehead atoms. The smallest absolute Gasteiger partial charge is 0.260 e. The van der Waals surface area contributed by atoms with Gasteiger partial charge in [-0.2, -0.15) is 14.9 Å². The number of rotatable bonds is 9. The van der Waals surface area contributed by atoms with Crippen molar-refractivity contribution in [2.24, 2.45) is 5.10 Å². The van der Waals surface area contributed by atoms with Gasteiger partial charge in [0, 0.05) is 12.1 Å². The highest BCUT2D eigenvalue weighted by atomic mass is 32.1. The maximum Gasteiger partial charge on any atom is 0.260 e. The molecule has 0 saturated heterocycles. The molecule has 1 aromatic heterocycles. The zero-order valence-electron chi connectivity index (χ0n) is 17.8. The summed E-state index contributed by atoms with van der Waals surface area (Å²) in [6.07, 6.45) is 1.66. The molecule has 0 unspecified atom stereocenters. The molecule has 0 aliphatic carbocycles. The van der Waals surface area contributed by atoms with E-state index >= 15 is 0 Å². The predicted octanol–water partition coefficient (Wildman–Crippen LogP) is 3.55. The van der Waals surface area contributed by atoms with Crippen molar-refractivity contribution in [1.82, 2.24) is 19.8 Å². The van der Waals surface area contributed by atoms with E-state index in [9.17, 15) is 4.79 Å². The second-order valence-electron chi connectivity index (χ2n) is 7.05. The molecule has 0 fully saturated rings. The predicted molar refractivity (Wildman–Crippen MR) is 115 cm³/mol. The minimum atomic E-state index is -0.0621. The second kappa shape index (κ2) is 10.2. The number of ether oxygens (including phenoxy) is 2. The maximum atomic E-state index is 12.6. The van der Waals surface area contributed by atoms with Crippen LogP contribution in [0.4, 0.5) is 0 Å². The Balaban J connectivity index is 2.17. The quantitative estimate of drug-likeness (QED) is 0.496. The molecule has 2 aromatic rings. The number of benzene rings is 1. The van der Waals surface area contributed by atoms with Gasteiger partial charge in [0.2, 0.25) is 4.77 Å². The third kappa shape index (κ3) is 5.90. The summed E-state index contributed by atoms with van der Waals surface area (Å²) in [5.74, 6) is 1.67. The number of aromatic amines is 1. The zero-order valence-corrected chi connectivity index (χ0v) is 18.6. The number of hydrogen-bond acceptors (Lipinski definition) is 6. The van der Waals surface area contributed by atoms with Gasteiger partial charge < -0.3 is 14.4 Å². The minimum Gasteiger partial charge on any atom is -0.490 e. The van der Waals surface area contributed by atoms with Crippen LogP contribution in [0.3, 0.4) is 0 Å². The second-order valence-corrected chi connectivity index (χ2v) is 7.44. The van der Waals surface area contributed by atoms with Gasteiger partial charge in [-0.05, 0) is 77.5 Å². The van der Waals surface area contributed by atoms with Crippen molar-refractivity contribution in [1.29, 1.82) is 0 Å². The average Bonchev–Trinajstić information content (AvgIpc) is 2.96. The van der Waals surface area contributed by atoms with Crippen LogP contribution in [0.25, 0.3) is 0 Å². The van der Waals surface area contributed by atoms with Gasteiger partial charge in [0.1, 0.15) is 5.82 Å². The molecule has 8 nitrogen and oxygen atoms in total. The van der Waals surface area contributed by atoms with Crippen molar-refractivity contribution in [2.75, 3.05) is 13.2 Å². The molecular weight excluding hydrogens is 390 g/mol. The average molecular weight is 420 g/mol. The van der Waals surface area contributed by atoms with Gasteiger partial charge in [0.05, 0.1) is 12.8 Å². The molecule has 2 rings (SSSR count). The van der Waals surface area contributed by atoms with Crippen molar-refractivity contribution in [3.8, 4) is 11.5 Å². The van der Waals surface area contributed by atoms with Gasteiger partial charge in [-0.1, -0.05) is 0 Å². The third-order valence-electron chi connectivity index (χ3n) is 4.15. The number of aromatic nitrogens is 3. The highest BCUT2D eigenvalue weighted by molar-refractivity contribution is 7.71. The fourth-order valence-corrected chi connectivity index (χ4v) is 3.23. The van der Waals surface area contributed by atoms with E-state index in [1.807, 2.05) is 46.8 Å². The molecule has 9 heteroatoms. The number of nitrogens with zero attached hydrogens (tertiary/aromatic N) is 4. The van der Waals surface area contributed by atoms with Crippen LogP contribution in [-0.2, 0) is 4.79 Å². The number of aryl methyl sites for hydroxylation is 1. The lowest BCUT2D eigenvalue weighted by Crippen LogP contribution is -2.44. The maximum absolute atomic E-state index is 12.6. The molecule has 1 aromatic carbocycles. The van der Waals surface area contributed by atoms with E-state index in [1.165, 1.54) is 4.68 Å². The lowest BCUT2D eigenvalue weighted by atomic mass is 10.2. The molecule has 158 valence electrons. The van der Waals surface area contributed by atoms with Crippen LogP contribution in [-0.4, -0.2) is 57.2 Å². The summed E-state index contributed by atoms with van der Waals surface area (Å²) in [4.78, 5) is 14.4. The SMILES string of the molecule is CCOc1cc(/C=N/n2c(C)n[nH]c2=S)ccc1OCC(=O)N(C(C)C)C(C)C. The summed E-state index contributed by atoms with van der Waals surface area (Å²) in [6, 6.07) is 5.64. The van der Waals surface area contributed by atoms with Crippen LogP contribution in [0.1, 0.15) is 46.0 Å². The van der Waals surface area contributed by atoms with E-state index in [0.29, 0.717) is 28.7 Å². The summed E-state index contributed by atoms with van der Waals surface area (Å²) in [7, 11) is 0. The highest BCUT2D eigenvalue weighted by Gasteiger charge is 2.21. The summed E-state index contributed by atoms with van der Waals surface area (Å²) >= 11 is 5.14. The first-order valence-electron chi connectivity index (χ1n) is 9.63. The van der Waals surface area contributed by atoms with E-state index in [0.717, 1.165) is 5.56 Å². The summed E-state index contributed by atoms with van der Waals surface area (Å²) in [5, 5.41) is 11.0. The summed E-state index contributed by atoms with van der Waals surface area (Å²) in [5.41, 5.74) is 0.806. The molecule has 0 aliphatic heterocycles. The van der Waals surface area contributed by atoms with Crippen LogP contribution >= 0.6 is 12.2 Å². The van der Waals surface area contributed by atoms with Gasteiger partial charge in [-0.25, -0.2) is 0 Å². The highest BCUT2D eigenvalue weighted by Crippen LogP contribution is 2.28. The molecule has 0 aliphatic rings. The first kappa shape index (κ1) is 22.6. The first-order chi connectivity index (χ1) is 13.7. The first-order valence-corrected chi connectivity index (χ1v) is 10.0. The Labute approximate surface area is 176 Å². The molecule has 0 atom stereocenters. The fraction of sp³-hybridized carbons (Fsp3) is 0.500. The number of carbonyl (C=O) groups is 1.